The van der Waals surface area contributed by atoms with Gasteiger partial charge in [-0.25, -0.2) is 9.18 Å². The lowest BCUT2D eigenvalue weighted by molar-refractivity contribution is 0.0369. The summed E-state index contributed by atoms with van der Waals surface area (Å²) in [7, 11) is 0. The Kier molecular flexibility index (Phi) is 7.86. The Morgan fingerprint density at radius 3 is 2.54 bits per heavy atom. The molecule has 1 saturated carbocycles. The highest BCUT2D eigenvalue weighted by molar-refractivity contribution is 5.95. The number of pyridine rings is 1. The fraction of sp³-hybridized carbons (Fsp3) is 0.407. The number of aryl methyl sites for hydroxylation is 1. The third kappa shape index (κ3) is 6.13. The number of benzene rings is 1. The number of fused-ring (bicyclic) bond motifs is 1. The van der Waals surface area contributed by atoms with Gasteiger partial charge in [-0.1, -0.05) is 16.3 Å². The molecule has 1 fully saturated rings. The van der Waals surface area contributed by atoms with Gasteiger partial charge in [-0.15, -0.1) is 0 Å². The van der Waals surface area contributed by atoms with Gasteiger partial charge >= 0.3 is 6.09 Å². The Morgan fingerprint density at radius 1 is 1.15 bits per heavy atom. The molecule has 1 atom stereocenters. The van der Waals surface area contributed by atoms with E-state index in [-0.39, 0.29) is 36.6 Å². The number of azide groups is 2. The summed E-state index contributed by atoms with van der Waals surface area (Å²) in [6.07, 6.45) is 5.77. The molecule has 1 aromatic carbocycles. The van der Waals surface area contributed by atoms with Crippen LogP contribution in [0.1, 0.15) is 47.8 Å². The maximum atomic E-state index is 15.0. The first-order chi connectivity index (χ1) is 19.8. The molecule has 0 spiro atoms. The molecule has 210 valence electrons. The van der Waals surface area contributed by atoms with Crippen LogP contribution in [0, 0.1) is 5.82 Å². The Balaban J connectivity index is 1.32. The van der Waals surface area contributed by atoms with E-state index in [1.807, 2.05) is 4.90 Å². The Morgan fingerprint density at radius 2 is 1.90 bits per heavy atom. The SMILES string of the molecule is CC(CN=[N+]=[N-])(CN=[N+]=[N-])OC(=O)n1cc2c(n1)CCC(N(C(=O)c1ccc(-c3ccccn3)c(F)c1)C1CC1)C2. The van der Waals surface area contributed by atoms with Crippen molar-refractivity contribution in [1.29, 1.82) is 0 Å². The van der Waals surface area contributed by atoms with Gasteiger partial charge < -0.3 is 9.64 Å². The van der Waals surface area contributed by atoms with Crippen LogP contribution in [-0.4, -0.2) is 62.4 Å². The summed E-state index contributed by atoms with van der Waals surface area (Å²) in [6, 6.07) is 9.67. The summed E-state index contributed by atoms with van der Waals surface area (Å²) >= 11 is 0. The molecule has 2 aromatic heterocycles. The van der Waals surface area contributed by atoms with Gasteiger partial charge in [0, 0.05) is 45.4 Å². The molecule has 3 aromatic rings. The minimum atomic E-state index is -1.35. The number of hydrogen-bond donors (Lipinski definition) is 0. The fourth-order valence-corrected chi connectivity index (χ4v) is 5.06. The molecule has 13 nitrogen and oxygen atoms in total. The number of carbonyl (C=O) groups is 2. The monoisotopic (exact) mass is 558 g/mol. The zero-order chi connectivity index (χ0) is 29.0. The van der Waals surface area contributed by atoms with Crippen LogP contribution in [0.2, 0.25) is 0 Å². The highest BCUT2D eigenvalue weighted by Gasteiger charge is 2.40. The molecule has 0 bridgehead atoms. The second kappa shape index (κ2) is 11.7. The van der Waals surface area contributed by atoms with Crippen LogP contribution in [0.5, 0.6) is 0 Å². The first-order valence-electron chi connectivity index (χ1n) is 13.2. The van der Waals surface area contributed by atoms with Crippen LogP contribution >= 0.6 is 0 Å². The summed E-state index contributed by atoms with van der Waals surface area (Å²) < 4.78 is 21.6. The molecule has 14 heteroatoms. The number of halogens is 1. The second-order valence-electron chi connectivity index (χ2n) is 10.4. The van der Waals surface area contributed by atoms with E-state index in [1.165, 1.54) is 13.0 Å². The molecule has 5 rings (SSSR count). The molecular weight excluding hydrogens is 531 g/mol. The quantitative estimate of drug-likeness (QED) is 0.188. The molecule has 2 aliphatic carbocycles. The summed E-state index contributed by atoms with van der Waals surface area (Å²) in [5, 5.41) is 11.3. The van der Waals surface area contributed by atoms with Crippen molar-refractivity contribution < 1.29 is 18.7 Å². The molecule has 0 N–H and O–H groups in total. The van der Waals surface area contributed by atoms with E-state index in [4.69, 9.17) is 15.8 Å². The average molecular weight is 559 g/mol. The number of nitrogens with zero attached hydrogens (tertiary/aromatic N) is 10. The normalized spacial score (nSPS) is 17.3. The van der Waals surface area contributed by atoms with Crippen molar-refractivity contribution in [1.82, 2.24) is 19.7 Å². The first-order valence-corrected chi connectivity index (χ1v) is 13.2. The summed E-state index contributed by atoms with van der Waals surface area (Å²) in [5.74, 6) is -0.741. The van der Waals surface area contributed by atoms with E-state index >= 15 is 4.39 Å². The average Bonchev–Trinajstić information content (AvgIpc) is 3.72. The van der Waals surface area contributed by atoms with Crippen molar-refractivity contribution in [2.75, 3.05) is 13.1 Å². The topological polar surface area (TPSA) is 175 Å². The third-order valence-corrected chi connectivity index (χ3v) is 7.23. The lowest BCUT2D eigenvalue weighted by Crippen LogP contribution is -2.44. The van der Waals surface area contributed by atoms with Crippen molar-refractivity contribution >= 4 is 12.0 Å². The molecule has 0 aliphatic heterocycles. The van der Waals surface area contributed by atoms with Crippen molar-refractivity contribution in [3.63, 3.8) is 0 Å². The number of rotatable bonds is 9. The Labute approximate surface area is 234 Å². The lowest BCUT2D eigenvalue weighted by Gasteiger charge is -2.34. The van der Waals surface area contributed by atoms with Gasteiger partial charge in [-0.3, -0.25) is 9.78 Å². The first kappa shape index (κ1) is 27.6. The van der Waals surface area contributed by atoms with Crippen LogP contribution in [0.25, 0.3) is 32.1 Å². The third-order valence-electron chi connectivity index (χ3n) is 7.23. The standard InChI is InChI=1S/C27H27FN10O3/c1-27(15-32-35-29,16-33-36-30)41-26(40)37-14-18-12-20(8-10-23(18)34-37)38(19-6-7-19)25(39)17-5-9-21(22(28)13-17)24-4-2-3-11-31-24/h2-5,9,11,13-14,19-20H,6-8,10,12,15-16H2,1H3. The van der Waals surface area contributed by atoms with Gasteiger partial charge in [0.25, 0.3) is 5.91 Å². The second-order valence-corrected chi connectivity index (χ2v) is 10.4. The zero-order valence-corrected chi connectivity index (χ0v) is 22.3. The van der Waals surface area contributed by atoms with Crippen molar-refractivity contribution in [3.8, 4) is 11.3 Å². The van der Waals surface area contributed by atoms with Crippen LogP contribution < -0.4 is 0 Å². The molecule has 0 radical (unpaired) electrons. The molecule has 2 aliphatic rings. The van der Waals surface area contributed by atoms with Crippen molar-refractivity contribution in [2.24, 2.45) is 10.2 Å². The van der Waals surface area contributed by atoms with Gasteiger partial charge in [-0.05, 0) is 86.0 Å². The van der Waals surface area contributed by atoms with E-state index in [1.54, 1.807) is 42.7 Å². The largest absolute Gasteiger partial charge is 0.441 e. The molecule has 0 saturated heterocycles. The van der Waals surface area contributed by atoms with Gasteiger partial charge in [0.2, 0.25) is 0 Å². The maximum Gasteiger partial charge on any atom is 0.435 e. The minimum Gasteiger partial charge on any atom is -0.441 e. The van der Waals surface area contributed by atoms with Gasteiger partial charge in [0.15, 0.2) is 0 Å². The van der Waals surface area contributed by atoms with Gasteiger partial charge in [0.1, 0.15) is 11.4 Å². The Hall–Kier alpha value is -4.93. The number of ether oxygens (including phenoxy) is 1. The summed E-state index contributed by atoms with van der Waals surface area (Å²) in [5.41, 5.74) is 18.6. The van der Waals surface area contributed by atoms with Gasteiger partial charge in [-0.2, -0.15) is 9.78 Å². The van der Waals surface area contributed by atoms with E-state index in [0.29, 0.717) is 30.5 Å². The summed E-state index contributed by atoms with van der Waals surface area (Å²) in [4.78, 5) is 38.0. The van der Waals surface area contributed by atoms with E-state index in [0.717, 1.165) is 28.8 Å². The molecule has 41 heavy (non-hydrogen) atoms. The highest BCUT2D eigenvalue weighted by atomic mass is 19.1. The predicted octanol–water partition coefficient (Wildman–Crippen LogP) is 5.61. The van der Waals surface area contributed by atoms with Crippen LogP contribution in [-0.2, 0) is 17.6 Å². The molecule has 2 heterocycles. The van der Waals surface area contributed by atoms with Crippen molar-refractivity contribution in [2.45, 2.75) is 56.7 Å². The number of carbonyl (C=O) groups excluding carboxylic acids is 2. The highest BCUT2D eigenvalue weighted by Crippen LogP contribution is 2.35. The fourth-order valence-electron chi connectivity index (χ4n) is 5.06. The number of hydrogen-bond acceptors (Lipinski definition) is 7. The maximum absolute atomic E-state index is 15.0. The minimum absolute atomic E-state index is 0.0784. The van der Waals surface area contributed by atoms with Crippen molar-refractivity contribution in [3.05, 3.63) is 92.3 Å². The van der Waals surface area contributed by atoms with Crippen LogP contribution in [0.15, 0.2) is 59.0 Å². The molecule has 1 unspecified atom stereocenters. The van der Waals surface area contributed by atoms with Crippen LogP contribution in [0.3, 0.4) is 0 Å². The number of amides is 1. The van der Waals surface area contributed by atoms with E-state index in [9.17, 15) is 9.59 Å². The number of aromatic nitrogens is 3. The zero-order valence-electron chi connectivity index (χ0n) is 22.3. The van der Waals surface area contributed by atoms with Crippen LogP contribution in [0.4, 0.5) is 9.18 Å². The van der Waals surface area contributed by atoms with E-state index < -0.39 is 17.5 Å². The molecule has 1 amide bonds. The lowest BCUT2D eigenvalue weighted by atomic mass is 9.91. The van der Waals surface area contributed by atoms with Gasteiger partial charge in [0.05, 0.1) is 24.5 Å². The summed E-state index contributed by atoms with van der Waals surface area (Å²) in [6.45, 7) is 1.05. The smallest absolute Gasteiger partial charge is 0.435 e. The predicted molar refractivity (Wildman–Crippen MR) is 145 cm³/mol. The molecular formula is C27H27FN10O3. The Bertz CT molecular complexity index is 1540. The van der Waals surface area contributed by atoms with E-state index in [2.05, 4.69) is 30.1 Å².